The fourth-order valence-electron chi connectivity index (χ4n) is 3.67. The molecule has 0 saturated heterocycles. The molecule has 5 rings (SSSR count). The van der Waals surface area contributed by atoms with Gasteiger partial charge in [0.1, 0.15) is 11.5 Å². The van der Waals surface area contributed by atoms with E-state index in [-0.39, 0.29) is 5.56 Å². The molecule has 1 aromatic heterocycles. The van der Waals surface area contributed by atoms with Crippen LogP contribution in [-0.2, 0) is 0 Å². The summed E-state index contributed by atoms with van der Waals surface area (Å²) in [6.45, 7) is 0. The average Bonchev–Trinajstić information content (AvgIpc) is 2.90. The van der Waals surface area contributed by atoms with Crippen molar-refractivity contribution in [3.63, 3.8) is 0 Å². The summed E-state index contributed by atoms with van der Waals surface area (Å²) >= 11 is 0. The fourth-order valence-corrected chi connectivity index (χ4v) is 3.67. The van der Waals surface area contributed by atoms with Crippen LogP contribution in [0.15, 0.2) is 102 Å². The minimum absolute atomic E-state index is 0.232. The molecule has 0 aliphatic rings. The molecule has 0 unspecified atom stereocenters. The third kappa shape index (κ3) is 3.88. The third-order valence-corrected chi connectivity index (χ3v) is 5.39. The van der Waals surface area contributed by atoms with E-state index in [1.807, 2.05) is 42.5 Å². The number of rotatable bonds is 4. The lowest BCUT2D eigenvalue weighted by Crippen LogP contribution is -2.22. The van der Waals surface area contributed by atoms with Crippen LogP contribution in [0.4, 0.5) is 0 Å². The van der Waals surface area contributed by atoms with E-state index in [2.05, 4.69) is 17.2 Å². The Morgan fingerprint density at radius 2 is 1.21 bits per heavy atom. The van der Waals surface area contributed by atoms with Gasteiger partial charge in [-0.3, -0.25) is 4.79 Å². The molecule has 0 radical (unpaired) electrons. The number of hydrogen-bond acceptors (Lipinski definition) is 5. The quantitative estimate of drug-likeness (QED) is 0.363. The normalized spacial score (nSPS) is 10.4. The molecule has 6 nitrogen and oxygen atoms in total. The van der Waals surface area contributed by atoms with Gasteiger partial charge in [-0.1, -0.05) is 18.2 Å². The monoisotopic (exact) mass is 440 g/mol. The van der Waals surface area contributed by atoms with E-state index in [0.717, 1.165) is 10.9 Å². The third-order valence-electron chi connectivity index (χ3n) is 5.39. The lowest BCUT2D eigenvalue weighted by Gasteiger charge is -2.12. The maximum atomic E-state index is 13.2. The molecule has 0 bridgehead atoms. The standard InChI is InChI=1S/C28H16N4O2/c29-17-19-5-11-22(12-6-19)32-28(33)26-4-2-1-3-25(26)27(31-32)21-9-15-24(16-10-21)34-23-13-7-20(18-30)8-14-23/h1-16H. The number of ether oxygens (including phenoxy) is 1. The summed E-state index contributed by atoms with van der Waals surface area (Å²) in [5.41, 5.74) is 2.91. The minimum Gasteiger partial charge on any atom is -0.457 e. The smallest absolute Gasteiger partial charge is 0.279 e. The van der Waals surface area contributed by atoms with Crippen molar-refractivity contribution in [3.05, 3.63) is 119 Å². The van der Waals surface area contributed by atoms with E-state index >= 15 is 0 Å². The summed E-state index contributed by atoms with van der Waals surface area (Å²) in [6, 6.07) is 32.6. The van der Waals surface area contributed by atoms with Crippen molar-refractivity contribution >= 4 is 10.8 Å². The molecule has 0 amide bonds. The zero-order valence-electron chi connectivity index (χ0n) is 17.8. The minimum atomic E-state index is -0.232. The molecule has 0 fully saturated rings. The molecule has 0 spiro atoms. The van der Waals surface area contributed by atoms with Crippen LogP contribution in [0.3, 0.4) is 0 Å². The van der Waals surface area contributed by atoms with E-state index < -0.39 is 0 Å². The van der Waals surface area contributed by atoms with E-state index in [1.54, 1.807) is 54.6 Å². The highest BCUT2D eigenvalue weighted by Crippen LogP contribution is 2.29. The highest BCUT2D eigenvalue weighted by atomic mass is 16.5. The molecule has 0 aliphatic carbocycles. The number of benzene rings is 4. The van der Waals surface area contributed by atoms with Gasteiger partial charge in [-0.2, -0.15) is 20.3 Å². The van der Waals surface area contributed by atoms with Gasteiger partial charge in [0.15, 0.2) is 0 Å². The van der Waals surface area contributed by atoms with E-state index in [4.69, 9.17) is 15.3 Å². The first kappa shape index (κ1) is 20.7. The van der Waals surface area contributed by atoms with Crippen LogP contribution < -0.4 is 10.3 Å². The molecule has 160 valence electrons. The Morgan fingerprint density at radius 1 is 0.676 bits per heavy atom. The van der Waals surface area contributed by atoms with Gasteiger partial charge >= 0.3 is 0 Å². The summed E-state index contributed by atoms with van der Waals surface area (Å²) in [7, 11) is 0. The molecular formula is C28H16N4O2. The molecule has 0 N–H and O–H groups in total. The second-order valence-corrected chi connectivity index (χ2v) is 7.53. The van der Waals surface area contributed by atoms with E-state index in [0.29, 0.717) is 39.4 Å². The second-order valence-electron chi connectivity index (χ2n) is 7.53. The van der Waals surface area contributed by atoms with Crippen molar-refractivity contribution in [2.45, 2.75) is 0 Å². The summed E-state index contributed by atoms with van der Waals surface area (Å²) in [5.74, 6) is 1.27. The van der Waals surface area contributed by atoms with Crippen molar-refractivity contribution in [3.8, 4) is 40.6 Å². The predicted molar refractivity (Wildman–Crippen MR) is 129 cm³/mol. The van der Waals surface area contributed by atoms with E-state index in [9.17, 15) is 4.79 Å². The first-order valence-electron chi connectivity index (χ1n) is 10.5. The van der Waals surface area contributed by atoms with Crippen molar-refractivity contribution < 1.29 is 4.74 Å². The Kier molecular flexibility index (Phi) is 5.32. The van der Waals surface area contributed by atoms with Crippen LogP contribution in [0.25, 0.3) is 27.7 Å². The first-order valence-corrected chi connectivity index (χ1v) is 10.5. The fraction of sp³-hybridized carbons (Fsp3) is 0. The van der Waals surface area contributed by atoms with Gasteiger partial charge < -0.3 is 4.74 Å². The number of aromatic nitrogens is 2. The second kappa shape index (κ2) is 8.74. The van der Waals surface area contributed by atoms with Crippen molar-refractivity contribution in [2.24, 2.45) is 0 Å². The number of hydrogen-bond donors (Lipinski definition) is 0. The Bertz CT molecular complexity index is 1640. The zero-order valence-corrected chi connectivity index (χ0v) is 17.8. The Morgan fingerprint density at radius 3 is 1.79 bits per heavy atom. The molecule has 5 aromatic rings. The lowest BCUT2D eigenvalue weighted by molar-refractivity contribution is 0.482. The van der Waals surface area contributed by atoms with Crippen LogP contribution in [0.1, 0.15) is 11.1 Å². The maximum absolute atomic E-state index is 13.2. The van der Waals surface area contributed by atoms with Crippen LogP contribution in [-0.4, -0.2) is 9.78 Å². The van der Waals surface area contributed by atoms with Gasteiger partial charge in [0.2, 0.25) is 0 Å². The predicted octanol–water partition coefficient (Wildman–Crippen LogP) is 5.59. The summed E-state index contributed by atoms with van der Waals surface area (Å²) in [6.07, 6.45) is 0. The average molecular weight is 440 g/mol. The topological polar surface area (TPSA) is 91.7 Å². The Hall–Kier alpha value is -5.20. The summed E-state index contributed by atoms with van der Waals surface area (Å²) in [4.78, 5) is 13.2. The summed E-state index contributed by atoms with van der Waals surface area (Å²) < 4.78 is 7.24. The van der Waals surface area contributed by atoms with Crippen molar-refractivity contribution in [2.75, 3.05) is 0 Å². The number of nitriles is 2. The molecule has 0 atom stereocenters. The maximum Gasteiger partial charge on any atom is 0.279 e. The van der Waals surface area contributed by atoms with Crippen LogP contribution in [0, 0.1) is 22.7 Å². The molecular weight excluding hydrogens is 424 g/mol. The highest BCUT2D eigenvalue weighted by molar-refractivity contribution is 5.94. The molecule has 34 heavy (non-hydrogen) atoms. The largest absolute Gasteiger partial charge is 0.457 e. The van der Waals surface area contributed by atoms with Gasteiger partial charge in [-0.05, 0) is 78.9 Å². The molecule has 0 aliphatic heterocycles. The van der Waals surface area contributed by atoms with Gasteiger partial charge in [0, 0.05) is 10.9 Å². The van der Waals surface area contributed by atoms with Crippen LogP contribution >= 0.6 is 0 Å². The SMILES string of the molecule is N#Cc1ccc(Oc2ccc(-c3nn(-c4ccc(C#N)cc4)c(=O)c4ccccc34)cc2)cc1. The van der Waals surface area contributed by atoms with Gasteiger partial charge in [0.25, 0.3) is 5.56 Å². The number of nitrogens with zero attached hydrogens (tertiary/aromatic N) is 4. The van der Waals surface area contributed by atoms with Crippen LogP contribution in [0.2, 0.25) is 0 Å². The highest BCUT2D eigenvalue weighted by Gasteiger charge is 2.13. The van der Waals surface area contributed by atoms with Gasteiger partial charge in [0.05, 0.1) is 40.0 Å². The lowest BCUT2D eigenvalue weighted by atomic mass is 10.0. The number of fused-ring (bicyclic) bond motifs is 1. The van der Waals surface area contributed by atoms with Crippen LogP contribution in [0.5, 0.6) is 11.5 Å². The van der Waals surface area contributed by atoms with Gasteiger partial charge in [-0.25, -0.2) is 0 Å². The summed E-state index contributed by atoms with van der Waals surface area (Å²) in [5, 5.41) is 24.0. The molecule has 4 aromatic carbocycles. The molecule has 1 heterocycles. The molecule has 6 heteroatoms. The Balaban J connectivity index is 1.56. The van der Waals surface area contributed by atoms with Crippen molar-refractivity contribution in [1.82, 2.24) is 9.78 Å². The van der Waals surface area contributed by atoms with Crippen molar-refractivity contribution in [1.29, 1.82) is 10.5 Å². The zero-order chi connectivity index (χ0) is 23.5. The Labute approximate surface area is 195 Å². The van der Waals surface area contributed by atoms with Gasteiger partial charge in [-0.15, -0.1) is 0 Å². The van der Waals surface area contributed by atoms with E-state index in [1.165, 1.54) is 4.68 Å². The molecule has 0 saturated carbocycles. The first-order chi connectivity index (χ1) is 16.7.